The molecule has 2 aromatic rings. The molecular formula is C8H9IN3OP. The molecule has 1 aromatic heterocycles. The molecule has 1 atom stereocenters. The summed E-state index contributed by atoms with van der Waals surface area (Å²) in [4.78, 5) is 0. The first-order valence-corrected chi connectivity index (χ1v) is 8.00. The van der Waals surface area contributed by atoms with E-state index in [0.717, 1.165) is 10.9 Å². The van der Waals surface area contributed by atoms with Crippen molar-refractivity contribution in [1.29, 1.82) is 0 Å². The van der Waals surface area contributed by atoms with Gasteiger partial charge in [0.1, 0.15) is 5.75 Å². The number of nitrogen functional groups attached to an aromatic ring is 1. The largest absolute Gasteiger partial charge is 0.495 e. The minimum atomic E-state index is 0.601. The third-order valence-corrected chi connectivity index (χ3v) is 3.83. The van der Waals surface area contributed by atoms with Crippen molar-refractivity contribution < 1.29 is 4.74 Å². The van der Waals surface area contributed by atoms with Gasteiger partial charge in [-0.1, -0.05) is 0 Å². The summed E-state index contributed by atoms with van der Waals surface area (Å²) < 4.78 is 7.02. The van der Waals surface area contributed by atoms with Gasteiger partial charge in [-0.15, -0.1) is 0 Å². The van der Waals surface area contributed by atoms with Crippen LogP contribution in [-0.2, 0) is 0 Å². The number of hydrogen-bond acceptors (Lipinski definition) is 3. The van der Waals surface area contributed by atoms with Crippen LogP contribution in [0.25, 0.3) is 10.9 Å². The van der Waals surface area contributed by atoms with E-state index in [4.69, 9.17) is 10.5 Å². The number of ether oxygens (including phenoxy) is 1. The third kappa shape index (κ3) is 1.66. The number of methoxy groups -OCH3 is 1. The van der Waals surface area contributed by atoms with Crippen LogP contribution in [-0.4, -0.2) is 16.7 Å². The quantitative estimate of drug-likeness (QED) is 0.525. The van der Waals surface area contributed by atoms with E-state index in [0.29, 0.717) is 17.8 Å². The molecule has 14 heavy (non-hydrogen) atoms. The summed E-state index contributed by atoms with van der Waals surface area (Å²) in [5.41, 5.74) is 7.35. The van der Waals surface area contributed by atoms with Crippen molar-refractivity contribution in [2.45, 2.75) is 0 Å². The van der Waals surface area contributed by atoms with Crippen molar-refractivity contribution in [3.63, 3.8) is 0 Å². The number of nitrogens with two attached hydrogens (primary N) is 1. The number of nitrogens with zero attached hydrogens (tertiary/aromatic N) is 2. The standard InChI is InChI=1S/C8H9IN3OP/c1-13-8-3-7-5(2-6(8)10)4-12(11-7)14-9/h2-4,14H,10H2,1H3. The first-order chi connectivity index (χ1) is 6.74. The van der Waals surface area contributed by atoms with Crippen molar-refractivity contribution in [1.82, 2.24) is 9.55 Å². The highest BCUT2D eigenvalue weighted by molar-refractivity contribution is 14.2. The van der Waals surface area contributed by atoms with Crippen LogP contribution < -0.4 is 10.5 Å². The molecule has 6 heteroatoms. The van der Waals surface area contributed by atoms with E-state index in [9.17, 15) is 0 Å². The van der Waals surface area contributed by atoms with Gasteiger partial charge in [0.25, 0.3) is 0 Å². The average molecular weight is 321 g/mol. The second kappa shape index (κ2) is 3.90. The Bertz CT molecular complexity index is 471. The molecule has 1 heterocycles. The number of benzene rings is 1. The van der Waals surface area contributed by atoms with E-state index in [1.165, 1.54) is 0 Å². The average Bonchev–Trinajstić information content (AvgIpc) is 2.58. The molecule has 1 unspecified atom stereocenters. The first-order valence-electron chi connectivity index (χ1n) is 3.94. The predicted octanol–water partition coefficient (Wildman–Crippen LogP) is 2.42. The smallest absolute Gasteiger partial charge is 0.144 e. The summed E-state index contributed by atoms with van der Waals surface area (Å²) in [7, 11) is 1.61. The van der Waals surface area contributed by atoms with Crippen LogP contribution in [0.4, 0.5) is 5.69 Å². The van der Waals surface area contributed by atoms with Gasteiger partial charge in [0, 0.05) is 17.6 Å². The maximum Gasteiger partial charge on any atom is 0.144 e. The Morgan fingerprint density at radius 3 is 3.00 bits per heavy atom. The molecule has 4 nitrogen and oxygen atoms in total. The molecule has 2 N–H and O–H groups in total. The number of hydrogen-bond donors (Lipinski definition) is 1. The molecule has 0 radical (unpaired) electrons. The van der Waals surface area contributed by atoms with E-state index < -0.39 is 0 Å². The zero-order valence-electron chi connectivity index (χ0n) is 7.49. The molecule has 0 bridgehead atoms. The highest BCUT2D eigenvalue weighted by atomic mass is 127. The fraction of sp³-hybridized carbons (Fsp3) is 0.125. The Hall–Kier alpha value is -0.550. The molecule has 2 rings (SSSR count). The zero-order valence-corrected chi connectivity index (χ0v) is 10.6. The fourth-order valence-corrected chi connectivity index (χ4v) is 2.37. The molecule has 0 spiro atoms. The van der Waals surface area contributed by atoms with Crippen molar-refractivity contribution in [2.75, 3.05) is 12.8 Å². The summed E-state index contributed by atoms with van der Waals surface area (Å²) in [5.74, 6) is 0.680. The van der Waals surface area contributed by atoms with E-state index in [1.807, 2.05) is 22.8 Å². The van der Waals surface area contributed by atoms with Crippen molar-refractivity contribution in [2.24, 2.45) is 0 Å². The van der Waals surface area contributed by atoms with Gasteiger partial charge in [0.15, 0.2) is 0 Å². The van der Waals surface area contributed by atoms with E-state index in [-0.39, 0.29) is 0 Å². The van der Waals surface area contributed by atoms with Crippen LogP contribution in [0.5, 0.6) is 5.75 Å². The second-order valence-corrected chi connectivity index (χ2v) is 4.89. The van der Waals surface area contributed by atoms with Gasteiger partial charge in [-0.2, -0.15) is 5.10 Å². The lowest BCUT2D eigenvalue weighted by Gasteiger charge is -2.02. The van der Waals surface area contributed by atoms with Crippen LogP contribution in [0.1, 0.15) is 0 Å². The van der Waals surface area contributed by atoms with Crippen LogP contribution in [0.3, 0.4) is 0 Å². The highest BCUT2D eigenvalue weighted by Gasteiger charge is 2.05. The molecular weight excluding hydrogens is 312 g/mol. The van der Waals surface area contributed by atoms with E-state index in [2.05, 4.69) is 27.1 Å². The van der Waals surface area contributed by atoms with Crippen LogP contribution in [0.15, 0.2) is 18.3 Å². The summed E-state index contributed by atoms with van der Waals surface area (Å²) in [6.07, 6.45) is 2.58. The zero-order chi connectivity index (χ0) is 10.1. The van der Waals surface area contributed by atoms with Gasteiger partial charge in [-0.3, -0.25) is 0 Å². The Labute approximate surface area is 96.1 Å². The molecule has 1 aromatic carbocycles. The van der Waals surface area contributed by atoms with Gasteiger partial charge in [0.05, 0.1) is 24.7 Å². The third-order valence-electron chi connectivity index (χ3n) is 1.94. The Kier molecular flexibility index (Phi) is 2.78. The Morgan fingerprint density at radius 1 is 1.57 bits per heavy atom. The first kappa shape index (κ1) is 9.98. The Balaban J connectivity index is 2.64. The van der Waals surface area contributed by atoms with Crippen LogP contribution in [0.2, 0.25) is 0 Å². The number of halogens is 1. The van der Waals surface area contributed by atoms with Gasteiger partial charge >= 0.3 is 0 Å². The van der Waals surface area contributed by atoms with Gasteiger partial charge in [-0.25, -0.2) is 4.45 Å². The number of fused-ring (bicyclic) bond motifs is 1. The topological polar surface area (TPSA) is 53.1 Å². The normalized spacial score (nSPS) is 11.6. The van der Waals surface area contributed by atoms with Crippen molar-refractivity contribution in [3.8, 4) is 5.75 Å². The minimum absolute atomic E-state index is 0.601. The molecule has 74 valence electrons. The highest BCUT2D eigenvalue weighted by Crippen LogP contribution is 2.30. The number of rotatable bonds is 2. The van der Waals surface area contributed by atoms with E-state index >= 15 is 0 Å². The fourth-order valence-electron chi connectivity index (χ4n) is 1.29. The summed E-state index contributed by atoms with van der Waals surface area (Å²) >= 11 is 2.28. The lowest BCUT2D eigenvalue weighted by molar-refractivity contribution is 0.417. The second-order valence-electron chi connectivity index (χ2n) is 2.81. The lowest BCUT2D eigenvalue weighted by Crippen LogP contribution is -1.91. The monoisotopic (exact) mass is 321 g/mol. The molecule has 0 saturated heterocycles. The van der Waals surface area contributed by atoms with E-state index in [1.54, 1.807) is 7.11 Å². The molecule has 0 aliphatic carbocycles. The molecule has 0 fully saturated rings. The molecule has 0 aliphatic rings. The number of anilines is 1. The predicted molar refractivity (Wildman–Crippen MR) is 68.4 cm³/mol. The van der Waals surface area contributed by atoms with Gasteiger partial charge in [0.2, 0.25) is 0 Å². The van der Waals surface area contributed by atoms with Crippen molar-refractivity contribution in [3.05, 3.63) is 18.3 Å². The van der Waals surface area contributed by atoms with Crippen LogP contribution >= 0.6 is 28.4 Å². The minimum Gasteiger partial charge on any atom is -0.495 e. The van der Waals surface area contributed by atoms with Gasteiger partial charge in [-0.05, 0) is 28.1 Å². The number of aromatic nitrogens is 2. The van der Waals surface area contributed by atoms with Crippen LogP contribution in [0, 0.1) is 0 Å². The summed E-state index contributed by atoms with van der Waals surface area (Å²) in [6, 6.07) is 3.74. The SMILES string of the molecule is COc1cc2nn(PI)cc2cc1N. The van der Waals surface area contributed by atoms with Crippen molar-refractivity contribution >= 4 is 45.0 Å². The maximum absolute atomic E-state index is 5.79. The summed E-state index contributed by atoms with van der Waals surface area (Å²) in [6.45, 7) is 0. The summed E-state index contributed by atoms with van der Waals surface area (Å²) in [5, 5.41) is 5.42. The molecule has 0 amide bonds. The lowest BCUT2D eigenvalue weighted by atomic mass is 10.2. The Morgan fingerprint density at radius 2 is 2.36 bits per heavy atom. The molecule has 0 aliphatic heterocycles. The van der Waals surface area contributed by atoms with Gasteiger partial charge < -0.3 is 10.5 Å². The molecule has 0 saturated carbocycles. The maximum atomic E-state index is 5.79.